The van der Waals surface area contributed by atoms with Gasteiger partial charge in [0.15, 0.2) is 0 Å². The molecule has 3 N–H and O–H groups in total. The zero-order valence-electron chi connectivity index (χ0n) is 17.6. The SMILES string of the molecule is C1=Cc2cc3ccc(cc4ccc(cc5nc(cc1n2)C=C5)[nH]4)[nH]3.Cc1ccccc1O. The Balaban J connectivity index is 0.000000230. The first-order valence-electron chi connectivity index (χ1n) is 10.4. The number of nitrogens with zero attached hydrogens (tertiary/aromatic N) is 2. The first-order valence-corrected chi connectivity index (χ1v) is 10.4. The van der Waals surface area contributed by atoms with E-state index in [-0.39, 0.29) is 0 Å². The van der Waals surface area contributed by atoms with E-state index < -0.39 is 0 Å². The van der Waals surface area contributed by atoms with Crippen molar-refractivity contribution in [3.63, 3.8) is 0 Å². The van der Waals surface area contributed by atoms with Gasteiger partial charge in [0.2, 0.25) is 0 Å². The Kier molecular flexibility index (Phi) is 5.14. The van der Waals surface area contributed by atoms with Crippen LogP contribution >= 0.6 is 0 Å². The van der Waals surface area contributed by atoms with Crippen LogP contribution < -0.4 is 0 Å². The summed E-state index contributed by atoms with van der Waals surface area (Å²) in [6, 6.07) is 23.7. The number of H-pyrrole nitrogens is 2. The van der Waals surface area contributed by atoms with E-state index in [0.29, 0.717) is 5.75 Å². The second-order valence-corrected chi connectivity index (χ2v) is 7.69. The van der Waals surface area contributed by atoms with E-state index in [4.69, 9.17) is 5.11 Å². The molecule has 4 aromatic rings. The highest BCUT2D eigenvalue weighted by molar-refractivity contribution is 5.77. The molecule has 8 bridgehead atoms. The zero-order valence-corrected chi connectivity index (χ0v) is 17.6. The first-order chi connectivity index (χ1) is 15.6. The predicted octanol–water partition coefficient (Wildman–Crippen LogP) is 6.36. The maximum absolute atomic E-state index is 8.92. The van der Waals surface area contributed by atoms with Gasteiger partial charge in [-0.15, -0.1) is 0 Å². The second kappa shape index (κ2) is 8.40. The van der Waals surface area contributed by atoms with Gasteiger partial charge >= 0.3 is 0 Å². The highest BCUT2D eigenvalue weighted by Crippen LogP contribution is 2.17. The summed E-state index contributed by atoms with van der Waals surface area (Å²) in [6.07, 6.45) is 8.05. The van der Waals surface area contributed by atoms with Gasteiger partial charge in [-0.2, -0.15) is 0 Å². The Labute approximate surface area is 185 Å². The van der Waals surface area contributed by atoms with Crippen LogP contribution in [-0.2, 0) is 0 Å². The molecule has 3 aromatic heterocycles. The normalized spacial score (nSPS) is 11.8. The molecule has 6 rings (SSSR count). The number of nitrogens with one attached hydrogen (secondary N) is 2. The van der Waals surface area contributed by atoms with Crippen LogP contribution in [0.1, 0.15) is 28.3 Å². The van der Waals surface area contributed by atoms with Crippen molar-refractivity contribution in [2.24, 2.45) is 0 Å². The smallest absolute Gasteiger partial charge is 0.118 e. The summed E-state index contributed by atoms with van der Waals surface area (Å²) in [5.74, 6) is 0.368. The molecule has 1 aromatic carbocycles. The number of hydrogen-bond donors (Lipinski definition) is 3. The highest BCUT2D eigenvalue weighted by Gasteiger charge is 2.02. The number of rotatable bonds is 0. The molecule has 0 spiro atoms. The van der Waals surface area contributed by atoms with Gasteiger partial charge in [-0.25, -0.2) is 9.97 Å². The third kappa shape index (κ3) is 4.52. The molecular formula is C27H22N4O. The second-order valence-electron chi connectivity index (χ2n) is 7.69. The van der Waals surface area contributed by atoms with E-state index in [0.717, 1.165) is 50.4 Å². The van der Waals surface area contributed by atoms with Gasteiger partial charge in [0.25, 0.3) is 0 Å². The number of para-hydroxylation sites is 1. The minimum Gasteiger partial charge on any atom is -0.508 e. The number of aryl methyl sites for hydroxylation is 1. The molecule has 5 heterocycles. The van der Waals surface area contributed by atoms with E-state index in [1.165, 1.54) is 0 Å². The molecule has 0 atom stereocenters. The van der Waals surface area contributed by atoms with Crippen LogP contribution in [0.15, 0.2) is 72.8 Å². The zero-order chi connectivity index (χ0) is 21.9. The summed E-state index contributed by atoms with van der Waals surface area (Å²) in [4.78, 5) is 16.0. The van der Waals surface area contributed by atoms with Gasteiger partial charge in [-0.05, 0) is 91.4 Å². The molecule has 5 heteroatoms. The number of hydrogen-bond acceptors (Lipinski definition) is 3. The van der Waals surface area contributed by atoms with Gasteiger partial charge in [0, 0.05) is 22.1 Å². The average molecular weight is 419 g/mol. The molecule has 0 saturated heterocycles. The number of phenolic OH excluding ortho intramolecular Hbond substituents is 1. The van der Waals surface area contributed by atoms with Gasteiger partial charge in [-0.1, -0.05) is 18.2 Å². The van der Waals surface area contributed by atoms with Crippen LogP contribution in [0.5, 0.6) is 5.75 Å². The largest absolute Gasteiger partial charge is 0.508 e. The molecule has 0 fully saturated rings. The third-order valence-electron chi connectivity index (χ3n) is 5.16. The monoisotopic (exact) mass is 418 g/mol. The number of aromatic amines is 2. The Bertz CT molecular complexity index is 1400. The summed E-state index contributed by atoms with van der Waals surface area (Å²) in [6.45, 7) is 1.87. The Morgan fingerprint density at radius 2 is 1.00 bits per heavy atom. The topological polar surface area (TPSA) is 77.6 Å². The van der Waals surface area contributed by atoms with E-state index >= 15 is 0 Å². The van der Waals surface area contributed by atoms with Crippen molar-refractivity contribution in [3.05, 3.63) is 101 Å². The molecule has 0 aliphatic carbocycles. The van der Waals surface area contributed by atoms with Crippen LogP contribution in [0, 0.1) is 6.92 Å². The van der Waals surface area contributed by atoms with E-state index in [9.17, 15) is 0 Å². The minimum absolute atomic E-state index is 0.368. The van der Waals surface area contributed by atoms with Gasteiger partial charge < -0.3 is 15.1 Å². The lowest BCUT2D eigenvalue weighted by Gasteiger charge is -1.92. The predicted molar refractivity (Wildman–Crippen MR) is 132 cm³/mol. The number of benzene rings is 1. The molecule has 156 valence electrons. The van der Waals surface area contributed by atoms with Crippen molar-refractivity contribution in [2.45, 2.75) is 6.92 Å². The molecule has 32 heavy (non-hydrogen) atoms. The summed E-state index contributed by atoms with van der Waals surface area (Å²) >= 11 is 0. The lowest BCUT2D eigenvalue weighted by molar-refractivity contribution is 0.471. The molecule has 0 saturated carbocycles. The van der Waals surface area contributed by atoms with Crippen molar-refractivity contribution in [3.8, 4) is 5.75 Å². The maximum atomic E-state index is 8.92. The van der Waals surface area contributed by atoms with Crippen LogP contribution in [-0.4, -0.2) is 25.0 Å². The van der Waals surface area contributed by atoms with Crippen LogP contribution in [0.3, 0.4) is 0 Å². The molecule has 2 aliphatic rings. The van der Waals surface area contributed by atoms with Gasteiger partial charge in [-0.3, -0.25) is 0 Å². The molecule has 0 radical (unpaired) electrons. The van der Waals surface area contributed by atoms with Crippen molar-refractivity contribution in [1.82, 2.24) is 19.9 Å². The summed E-state index contributed by atoms with van der Waals surface area (Å²) in [5.41, 5.74) is 8.78. The lowest BCUT2D eigenvalue weighted by atomic mass is 10.2. The highest BCUT2D eigenvalue weighted by atomic mass is 16.3. The molecule has 0 unspecified atom stereocenters. The number of aromatic nitrogens is 4. The molecule has 5 nitrogen and oxygen atoms in total. The van der Waals surface area contributed by atoms with Crippen molar-refractivity contribution in [2.75, 3.05) is 0 Å². The Morgan fingerprint density at radius 3 is 1.44 bits per heavy atom. The summed E-state index contributed by atoms with van der Waals surface area (Å²) in [7, 11) is 0. The van der Waals surface area contributed by atoms with Crippen molar-refractivity contribution in [1.29, 1.82) is 0 Å². The Morgan fingerprint density at radius 1 is 0.562 bits per heavy atom. The van der Waals surface area contributed by atoms with Crippen molar-refractivity contribution >= 4 is 46.4 Å². The van der Waals surface area contributed by atoms with Crippen LogP contribution in [0.2, 0.25) is 0 Å². The van der Waals surface area contributed by atoms with Crippen molar-refractivity contribution < 1.29 is 5.11 Å². The molecule has 2 aliphatic heterocycles. The van der Waals surface area contributed by atoms with Crippen LogP contribution in [0.4, 0.5) is 0 Å². The fourth-order valence-corrected chi connectivity index (χ4v) is 3.51. The minimum atomic E-state index is 0.368. The molecular weight excluding hydrogens is 396 g/mol. The fraction of sp³-hybridized carbons (Fsp3) is 0.0370. The van der Waals surface area contributed by atoms with Gasteiger partial charge in [0.05, 0.1) is 22.8 Å². The number of phenols is 1. The van der Waals surface area contributed by atoms with E-state index in [1.54, 1.807) is 6.07 Å². The number of aromatic hydroxyl groups is 1. The average Bonchev–Trinajstić information content (AvgIpc) is 3.57. The Hall–Kier alpha value is -4.38. The molecule has 0 amide bonds. The number of fused-ring (bicyclic) bond motifs is 8. The van der Waals surface area contributed by atoms with E-state index in [1.807, 2.05) is 67.6 Å². The quantitative estimate of drug-likeness (QED) is 0.269. The van der Waals surface area contributed by atoms with Gasteiger partial charge in [0.1, 0.15) is 5.75 Å². The standard InChI is InChI=1S/C20H14N4.C7H8O/c1-2-14-10-16-5-6-18(23-16)12-20-8-7-19(24-20)11-17-4-3-15(22-17)9-13(1)21-14;1-6-4-2-3-5-7(6)8/h1-12,21-22H;2-5,8H,1H3. The fourth-order valence-electron chi connectivity index (χ4n) is 3.51. The summed E-state index contributed by atoms with van der Waals surface area (Å²) in [5, 5.41) is 8.92. The third-order valence-corrected chi connectivity index (χ3v) is 5.16. The lowest BCUT2D eigenvalue weighted by Crippen LogP contribution is -1.77. The first kappa shape index (κ1) is 19.6. The van der Waals surface area contributed by atoms with Crippen LogP contribution in [0.25, 0.3) is 46.4 Å². The van der Waals surface area contributed by atoms with E-state index in [2.05, 4.69) is 50.3 Å². The maximum Gasteiger partial charge on any atom is 0.118 e. The summed E-state index contributed by atoms with van der Waals surface area (Å²) < 4.78 is 0.